The number of nitrogens with zero attached hydrogens (tertiary/aromatic N) is 2. The van der Waals surface area contributed by atoms with Crippen molar-refractivity contribution >= 4 is 55.4 Å². The second-order valence-electron chi connectivity index (χ2n) is 21.6. The summed E-state index contributed by atoms with van der Waals surface area (Å²) >= 11 is 0. The number of carbonyl (C=O) groups excluding carboxylic acids is 2. The smallest absolute Gasteiger partial charge is 0.264 e. The number of nitrogens with one attached hydrogen (secondary N) is 1. The van der Waals surface area contributed by atoms with E-state index in [9.17, 15) is 0 Å². The number of amides is 2. The molecule has 0 radical (unpaired) electrons. The molecule has 14 rings (SSSR count). The first-order chi connectivity index (χ1) is 42.0. The molecule has 3 aliphatic heterocycles. The first kappa shape index (κ1) is 53.9. The quantitative estimate of drug-likeness (QED) is 0.0687. The van der Waals surface area contributed by atoms with Crippen molar-refractivity contribution in [1.29, 1.82) is 0 Å². The Labute approximate surface area is 490 Å². The van der Waals surface area contributed by atoms with Crippen LogP contribution in [0.5, 0.6) is 17.2 Å². The van der Waals surface area contributed by atoms with Crippen LogP contribution in [0.2, 0.25) is 0 Å². The summed E-state index contributed by atoms with van der Waals surface area (Å²) in [7, 11) is 0. The van der Waals surface area contributed by atoms with Gasteiger partial charge in [-0.1, -0.05) is 182 Å². The average molecular weight is 1130 g/mol. The second kappa shape index (κ2) is 24.2. The topological polar surface area (TPSA) is 141 Å². The number of carbonyl (C=O) groups is 2. The van der Waals surface area contributed by atoms with Crippen molar-refractivity contribution in [2.75, 3.05) is 26.6 Å². The highest BCUT2D eigenvalue weighted by molar-refractivity contribution is 6.39. The lowest BCUT2D eigenvalue weighted by Gasteiger charge is -2.47. The molecule has 5 heterocycles. The minimum atomic E-state index is -1.02. The normalized spacial score (nSPS) is 18.4. The van der Waals surface area contributed by atoms with Gasteiger partial charge in [-0.2, -0.15) is 0 Å². The molecule has 1 N–H and O–H groups in total. The molecule has 0 aliphatic carbocycles. The van der Waals surface area contributed by atoms with Crippen molar-refractivity contribution in [3.63, 3.8) is 0 Å². The maximum atomic E-state index is 15.8. The highest BCUT2D eigenvalue weighted by Gasteiger charge is 2.51. The fourth-order valence-electron chi connectivity index (χ4n) is 12.0. The van der Waals surface area contributed by atoms with Crippen LogP contribution >= 0.6 is 0 Å². The lowest BCUT2D eigenvalue weighted by atomic mass is 9.95. The maximum Gasteiger partial charge on any atom is 0.264 e. The van der Waals surface area contributed by atoms with E-state index in [2.05, 4.69) is 9.55 Å². The molecule has 85 heavy (non-hydrogen) atoms. The summed E-state index contributed by atoms with van der Waals surface area (Å²) in [4.78, 5) is 36.2. The molecular weight excluding hydrogens is 1070 g/mol. The van der Waals surface area contributed by atoms with Gasteiger partial charge in [0.25, 0.3) is 11.8 Å². The van der Waals surface area contributed by atoms with E-state index in [-0.39, 0.29) is 57.5 Å². The third kappa shape index (κ3) is 10.9. The third-order valence-electron chi connectivity index (χ3n) is 16.0. The Morgan fingerprint density at radius 1 is 0.471 bits per heavy atom. The molecular formula is C71H61N3O11. The Hall–Kier alpha value is -9.12. The van der Waals surface area contributed by atoms with Crippen molar-refractivity contribution in [3.8, 4) is 17.2 Å². The number of H-pyrrole nitrogens is 1. The van der Waals surface area contributed by atoms with Crippen molar-refractivity contribution in [2.24, 2.45) is 0 Å². The number of aromatic nitrogens is 2. The fourth-order valence-corrected chi connectivity index (χ4v) is 12.0. The number of ether oxygens (including phenoxy) is 9. The van der Waals surface area contributed by atoms with Gasteiger partial charge in [-0.3, -0.25) is 9.59 Å². The van der Waals surface area contributed by atoms with Crippen LogP contribution in [0.1, 0.15) is 60.3 Å². The number of fused-ring (bicyclic) bond motifs is 11. The molecule has 2 amide bonds. The van der Waals surface area contributed by atoms with Gasteiger partial charge in [-0.25, -0.2) is 4.90 Å². The Bertz CT molecular complexity index is 4150. The summed E-state index contributed by atoms with van der Waals surface area (Å²) < 4.78 is 63.6. The zero-order valence-corrected chi connectivity index (χ0v) is 46.6. The maximum absolute atomic E-state index is 15.8. The molecule has 0 saturated carbocycles. The van der Waals surface area contributed by atoms with Crippen LogP contribution in [-0.2, 0) is 68.1 Å². The van der Waals surface area contributed by atoms with Gasteiger partial charge in [-0.15, -0.1) is 0 Å². The Morgan fingerprint density at radius 3 is 1.52 bits per heavy atom. The summed E-state index contributed by atoms with van der Waals surface area (Å²) in [6.07, 6.45) is -4.27. The molecule has 5 atom stereocenters. The number of benzene rings is 9. The van der Waals surface area contributed by atoms with Gasteiger partial charge >= 0.3 is 0 Å². The molecule has 9 aromatic carbocycles. The minimum Gasteiger partial charge on any atom is -0.489 e. The van der Waals surface area contributed by atoms with E-state index >= 15 is 9.59 Å². The summed E-state index contributed by atoms with van der Waals surface area (Å²) in [5.41, 5.74) is 8.70. The number of aromatic amines is 1. The molecule has 0 spiro atoms. The molecule has 11 aromatic rings. The van der Waals surface area contributed by atoms with Gasteiger partial charge in [-0.05, 0) is 57.6 Å². The van der Waals surface area contributed by atoms with E-state index in [1.807, 2.05) is 212 Å². The van der Waals surface area contributed by atoms with Crippen LogP contribution in [-0.4, -0.2) is 77.2 Å². The lowest BCUT2D eigenvalue weighted by molar-refractivity contribution is -0.288. The van der Waals surface area contributed by atoms with Crippen molar-refractivity contribution in [1.82, 2.24) is 14.5 Å². The van der Waals surface area contributed by atoms with E-state index in [1.54, 1.807) is 0 Å². The van der Waals surface area contributed by atoms with E-state index in [1.165, 1.54) is 4.90 Å². The van der Waals surface area contributed by atoms with E-state index in [0.717, 1.165) is 33.4 Å². The second-order valence-corrected chi connectivity index (χ2v) is 21.6. The van der Waals surface area contributed by atoms with Crippen LogP contribution in [0.4, 0.5) is 0 Å². The molecule has 14 nitrogen and oxygen atoms in total. The Kier molecular flexibility index (Phi) is 15.4. The molecule has 14 heteroatoms. The highest BCUT2D eigenvalue weighted by atomic mass is 16.6. The van der Waals surface area contributed by atoms with Crippen LogP contribution in [0.15, 0.2) is 212 Å². The van der Waals surface area contributed by atoms with Crippen LogP contribution in [0.25, 0.3) is 43.6 Å². The van der Waals surface area contributed by atoms with Gasteiger partial charge in [0.15, 0.2) is 17.7 Å². The number of hydrogen-bond donors (Lipinski definition) is 1. The molecule has 1 saturated heterocycles. The molecule has 3 aliphatic rings. The van der Waals surface area contributed by atoms with Gasteiger partial charge in [0.1, 0.15) is 56.7 Å². The highest BCUT2D eigenvalue weighted by Crippen LogP contribution is 2.50. The minimum absolute atomic E-state index is 0.101. The van der Waals surface area contributed by atoms with Crippen LogP contribution in [0.3, 0.4) is 0 Å². The first-order valence-corrected chi connectivity index (χ1v) is 28.8. The Balaban J connectivity index is 1.00. The van der Waals surface area contributed by atoms with Crippen molar-refractivity contribution in [2.45, 2.75) is 70.3 Å². The van der Waals surface area contributed by atoms with E-state index in [4.69, 9.17) is 42.6 Å². The third-order valence-corrected chi connectivity index (χ3v) is 16.0. The summed E-state index contributed by atoms with van der Waals surface area (Å²) in [6, 6.07) is 69.4. The summed E-state index contributed by atoms with van der Waals surface area (Å²) in [6.45, 7) is 1.94. The van der Waals surface area contributed by atoms with Gasteiger partial charge < -0.3 is 52.2 Å². The van der Waals surface area contributed by atoms with E-state index in [0.29, 0.717) is 80.7 Å². The lowest BCUT2D eigenvalue weighted by Crippen LogP contribution is -2.59. The predicted molar refractivity (Wildman–Crippen MR) is 322 cm³/mol. The summed E-state index contributed by atoms with van der Waals surface area (Å²) in [5.74, 6) is 0.635. The standard InChI is InChI=1S/C71H61N3O11/c75-69-62-60-53-36-57-58(80-34-33-79-57)37-55(53)72-64(60)65-61(63(62)70(76)73(69)45-78-39-47-21-9-2-10-22-47)54-35-52(81-40-48-23-11-3-12-24-48)31-32-56(54)74(65)71-68(84-43-51-29-17-6-18-30-51)67(83-42-50-27-15-5-16-28-50)66(82-41-49-25-13-4-14-26-49)59(85-71)44-77-38-46-19-7-1-8-20-46/h1-32,35-37,59,66-68,71-72H,33-34,38-45H2. The molecule has 5 unspecified atom stereocenters. The molecule has 1 fully saturated rings. The number of hydrogen-bond acceptors (Lipinski definition) is 11. The monoisotopic (exact) mass is 1130 g/mol. The summed E-state index contributed by atoms with van der Waals surface area (Å²) in [5, 5.41) is 2.36. The number of rotatable bonds is 21. The largest absolute Gasteiger partial charge is 0.489 e. The zero-order valence-electron chi connectivity index (χ0n) is 46.6. The van der Waals surface area contributed by atoms with E-state index < -0.39 is 42.5 Å². The average Bonchev–Trinajstić information content (AvgIpc) is 1.57. The van der Waals surface area contributed by atoms with Crippen molar-refractivity contribution < 1.29 is 52.2 Å². The van der Waals surface area contributed by atoms with Gasteiger partial charge in [0.2, 0.25) is 0 Å². The predicted octanol–water partition coefficient (Wildman–Crippen LogP) is 13.4. The number of imide groups is 1. The zero-order chi connectivity index (χ0) is 57.1. The van der Waals surface area contributed by atoms with Crippen LogP contribution < -0.4 is 14.2 Å². The van der Waals surface area contributed by atoms with Crippen LogP contribution in [0, 0.1) is 0 Å². The Morgan fingerprint density at radius 2 is 0.953 bits per heavy atom. The SMILES string of the molecule is O=C1c2c(c3c4cc(OCc5ccccc5)ccc4n(C4OC(COCc5ccccc5)C(OCc5ccccc5)C(OCc5ccccc5)C4OCc4ccccc4)c3c3[nH]c4cc5c(cc4c23)OCCO5)C(=O)N1COCc1ccccc1. The van der Waals surface area contributed by atoms with Gasteiger partial charge in [0, 0.05) is 27.6 Å². The molecule has 2 aromatic heterocycles. The van der Waals surface area contributed by atoms with Gasteiger partial charge in [0.05, 0.1) is 72.8 Å². The molecule has 426 valence electrons. The fraction of sp³-hybridized carbons (Fsp3) is 0.211. The van der Waals surface area contributed by atoms with Crippen molar-refractivity contribution in [3.05, 3.63) is 257 Å². The first-order valence-electron chi connectivity index (χ1n) is 28.8. The molecule has 0 bridgehead atoms.